The molecule has 0 spiro atoms. The first-order valence-corrected chi connectivity index (χ1v) is 11.5. The van der Waals surface area contributed by atoms with E-state index < -0.39 is 40.8 Å². The monoisotopic (exact) mass is 498 g/mol. The summed E-state index contributed by atoms with van der Waals surface area (Å²) in [5.41, 5.74) is -3.58. The lowest BCUT2D eigenvalue weighted by atomic mass is 9.89. The van der Waals surface area contributed by atoms with Crippen molar-refractivity contribution in [3.63, 3.8) is 0 Å². The predicted molar refractivity (Wildman–Crippen MR) is 112 cm³/mol. The summed E-state index contributed by atoms with van der Waals surface area (Å²) in [5, 5.41) is 11.2. The number of hydrogen-bond acceptors (Lipinski definition) is 6. The summed E-state index contributed by atoms with van der Waals surface area (Å²) < 4.78 is 78.8. The zero-order valence-electron chi connectivity index (χ0n) is 17.7. The Morgan fingerprint density at radius 3 is 2.65 bits per heavy atom. The van der Waals surface area contributed by atoms with Crippen molar-refractivity contribution in [2.75, 3.05) is 19.8 Å². The molecule has 1 N–H and O–H groups in total. The molecule has 10 nitrogen and oxygen atoms in total. The van der Waals surface area contributed by atoms with Crippen LogP contribution in [0.15, 0.2) is 36.9 Å². The number of imidazole rings is 1. The Morgan fingerprint density at radius 2 is 2.00 bits per heavy atom. The topological polar surface area (TPSA) is 114 Å². The molecule has 0 aliphatic carbocycles. The van der Waals surface area contributed by atoms with E-state index in [0.717, 1.165) is 5.69 Å². The Balaban J connectivity index is 1.52. The molecular formula is C19H18F4N8O2S. The zero-order chi connectivity index (χ0) is 24.3. The Kier molecular flexibility index (Phi) is 5.02. The second kappa shape index (κ2) is 7.59. The van der Waals surface area contributed by atoms with E-state index in [-0.39, 0.29) is 10.7 Å². The van der Waals surface area contributed by atoms with Gasteiger partial charge in [-0.05, 0) is 13.0 Å². The van der Waals surface area contributed by atoms with E-state index in [0.29, 0.717) is 28.4 Å². The van der Waals surface area contributed by atoms with Gasteiger partial charge in [-0.3, -0.25) is 18.6 Å². The molecule has 34 heavy (non-hydrogen) atoms. The Labute approximate surface area is 190 Å². The molecule has 1 aliphatic heterocycles. The van der Waals surface area contributed by atoms with Gasteiger partial charge in [0.15, 0.2) is 0 Å². The number of halogens is 4. The largest absolute Gasteiger partial charge is 0.511 e. The zero-order valence-corrected chi connectivity index (χ0v) is 18.5. The van der Waals surface area contributed by atoms with Crippen LogP contribution in [0, 0.1) is 6.92 Å². The van der Waals surface area contributed by atoms with Crippen LogP contribution in [0.25, 0.3) is 28.4 Å². The van der Waals surface area contributed by atoms with Gasteiger partial charge in [-0.15, -0.1) is 0 Å². The summed E-state index contributed by atoms with van der Waals surface area (Å²) in [7, 11) is -5.50. The highest BCUT2D eigenvalue weighted by Gasteiger charge is 2.58. The molecule has 1 saturated heterocycles. The Hall–Kier alpha value is -3.33. The number of alkyl halides is 4. The molecule has 4 aromatic heterocycles. The average Bonchev–Trinajstić information content (AvgIpc) is 3.49. The smallest absolute Gasteiger partial charge is 0.284 e. The summed E-state index contributed by atoms with van der Waals surface area (Å²) in [5.74, 6) is 0.443. The molecule has 0 aromatic carbocycles. The van der Waals surface area contributed by atoms with Crippen molar-refractivity contribution in [2.24, 2.45) is 0 Å². The maximum absolute atomic E-state index is 13.3. The number of rotatable bonds is 6. The molecule has 0 amide bonds. The molecule has 1 aliphatic rings. The van der Waals surface area contributed by atoms with Gasteiger partial charge in [0.25, 0.3) is 0 Å². The molecule has 4 aromatic rings. The molecule has 180 valence electrons. The van der Waals surface area contributed by atoms with Crippen LogP contribution < -0.4 is 0 Å². The molecule has 0 unspecified atom stereocenters. The van der Waals surface area contributed by atoms with Crippen LogP contribution in [0.3, 0.4) is 0 Å². The second-order valence-corrected chi connectivity index (χ2v) is 10.0. The molecule has 5 rings (SSSR count). The van der Waals surface area contributed by atoms with Crippen molar-refractivity contribution >= 4 is 15.7 Å². The molecule has 0 bridgehead atoms. The highest BCUT2D eigenvalue weighted by Crippen LogP contribution is 2.39. The van der Waals surface area contributed by atoms with Crippen LogP contribution >= 0.6 is 0 Å². The molecule has 15 heteroatoms. The third-order valence-corrected chi connectivity index (χ3v) is 7.36. The van der Waals surface area contributed by atoms with Crippen LogP contribution in [0.1, 0.15) is 12.1 Å². The Morgan fingerprint density at radius 1 is 1.24 bits per heavy atom. The fourth-order valence-electron chi connectivity index (χ4n) is 4.04. The van der Waals surface area contributed by atoms with E-state index in [9.17, 15) is 26.0 Å². The SMILES string of the molecule is Cc1cc(-c2cc3nccn3c(-c3cnn(C4(CCF)CN(S(=O)(=O)C(F)(F)F)C4)c3)n2)[nH]n1. The number of aromatic nitrogens is 7. The minimum Gasteiger partial charge on any atom is -0.284 e. The van der Waals surface area contributed by atoms with Gasteiger partial charge in [-0.2, -0.15) is 27.7 Å². The van der Waals surface area contributed by atoms with Crippen LogP contribution in [-0.2, 0) is 15.6 Å². The molecule has 5 heterocycles. The van der Waals surface area contributed by atoms with Gasteiger partial charge in [0.05, 0.1) is 41.1 Å². The molecule has 0 radical (unpaired) electrons. The van der Waals surface area contributed by atoms with Crippen LogP contribution in [0.2, 0.25) is 0 Å². The first-order chi connectivity index (χ1) is 16.0. The van der Waals surface area contributed by atoms with Crippen LogP contribution in [-0.4, -0.2) is 72.3 Å². The van der Waals surface area contributed by atoms with Gasteiger partial charge in [-0.1, -0.05) is 0 Å². The number of aryl methyl sites for hydroxylation is 1. The van der Waals surface area contributed by atoms with Crippen LogP contribution in [0.5, 0.6) is 0 Å². The van der Waals surface area contributed by atoms with Crippen molar-refractivity contribution in [3.05, 3.63) is 42.6 Å². The van der Waals surface area contributed by atoms with Crippen molar-refractivity contribution in [1.82, 2.24) is 38.7 Å². The van der Waals surface area contributed by atoms with E-state index in [1.54, 1.807) is 22.9 Å². The van der Waals surface area contributed by atoms with E-state index in [2.05, 4.69) is 25.3 Å². The standard InChI is InChI=1S/C19H18F4N8O2S/c1-12-6-15(28-27-12)14-7-16-24-4-5-30(16)17(26-14)13-8-25-31(9-13)18(2-3-20)10-29(11-18)34(32,33)19(21,22)23/h4-9H,2-3,10-11H2,1H3,(H,27,28). The van der Waals surface area contributed by atoms with Crippen LogP contribution in [0.4, 0.5) is 17.6 Å². The van der Waals surface area contributed by atoms with Crippen molar-refractivity contribution in [2.45, 2.75) is 24.4 Å². The summed E-state index contributed by atoms with van der Waals surface area (Å²) in [6.07, 6.45) is 6.06. The maximum Gasteiger partial charge on any atom is 0.511 e. The summed E-state index contributed by atoms with van der Waals surface area (Å²) in [6.45, 7) is -0.111. The van der Waals surface area contributed by atoms with E-state index >= 15 is 0 Å². The second-order valence-electron chi connectivity index (χ2n) is 8.10. The van der Waals surface area contributed by atoms with Crippen molar-refractivity contribution in [3.8, 4) is 22.8 Å². The number of aromatic amines is 1. The minimum absolute atomic E-state index is 0.195. The third-order valence-electron chi connectivity index (χ3n) is 5.83. The number of sulfonamides is 1. The average molecular weight is 498 g/mol. The van der Waals surface area contributed by atoms with Gasteiger partial charge < -0.3 is 0 Å². The summed E-state index contributed by atoms with van der Waals surface area (Å²) in [6, 6.07) is 3.58. The fraction of sp³-hybridized carbons (Fsp3) is 0.368. The lowest BCUT2D eigenvalue weighted by molar-refractivity contribution is -0.0576. The fourth-order valence-corrected chi connectivity index (χ4v) is 5.15. The van der Waals surface area contributed by atoms with Gasteiger partial charge in [0, 0.05) is 44.2 Å². The number of H-pyrrole nitrogens is 1. The molecule has 1 fully saturated rings. The third kappa shape index (κ3) is 3.46. The number of fused-ring (bicyclic) bond motifs is 1. The maximum atomic E-state index is 13.3. The van der Waals surface area contributed by atoms with E-state index in [1.165, 1.54) is 17.1 Å². The van der Waals surface area contributed by atoms with E-state index in [1.807, 2.05) is 13.0 Å². The minimum atomic E-state index is -5.50. The number of nitrogens with one attached hydrogen (secondary N) is 1. The first-order valence-electron chi connectivity index (χ1n) is 10.1. The number of nitrogens with zero attached hydrogens (tertiary/aromatic N) is 7. The normalized spacial score (nSPS) is 16.7. The number of hydrogen-bond donors (Lipinski definition) is 1. The van der Waals surface area contributed by atoms with E-state index in [4.69, 9.17) is 0 Å². The van der Waals surface area contributed by atoms with Gasteiger partial charge in [0.2, 0.25) is 0 Å². The lowest BCUT2D eigenvalue weighted by Gasteiger charge is -2.48. The quantitative estimate of drug-likeness (QED) is 0.409. The summed E-state index contributed by atoms with van der Waals surface area (Å²) in [4.78, 5) is 8.97. The highest BCUT2D eigenvalue weighted by molar-refractivity contribution is 7.90. The summed E-state index contributed by atoms with van der Waals surface area (Å²) >= 11 is 0. The Bertz CT molecular complexity index is 1470. The van der Waals surface area contributed by atoms with Gasteiger partial charge in [-0.25, -0.2) is 18.4 Å². The highest BCUT2D eigenvalue weighted by atomic mass is 32.2. The van der Waals surface area contributed by atoms with Crippen molar-refractivity contribution in [1.29, 1.82) is 0 Å². The molecule has 0 saturated carbocycles. The first kappa shape index (κ1) is 22.5. The predicted octanol–water partition coefficient (Wildman–Crippen LogP) is 2.51. The van der Waals surface area contributed by atoms with Crippen molar-refractivity contribution < 1.29 is 26.0 Å². The van der Waals surface area contributed by atoms with Gasteiger partial charge >= 0.3 is 15.5 Å². The van der Waals surface area contributed by atoms with Gasteiger partial charge in [0.1, 0.15) is 11.5 Å². The molecule has 0 atom stereocenters. The lowest BCUT2D eigenvalue weighted by Crippen LogP contribution is -2.66. The molecular weight excluding hydrogens is 480 g/mol.